The normalized spacial score (nSPS) is 11.8. The van der Waals surface area contributed by atoms with E-state index in [1.807, 2.05) is 31.2 Å². The lowest BCUT2D eigenvalue weighted by atomic mass is 10.1. The molecule has 0 aliphatic rings. The molecule has 0 saturated carbocycles. The summed E-state index contributed by atoms with van der Waals surface area (Å²) in [6.07, 6.45) is -2.94. The van der Waals surface area contributed by atoms with Crippen molar-refractivity contribution in [2.24, 2.45) is 4.99 Å². The Labute approximate surface area is 188 Å². The zero-order valence-electron chi connectivity index (χ0n) is 16.4. The molecule has 1 aromatic carbocycles. The molecule has 162 valence electrons. The van der Waals surface area contributed by atoms with Crippen molar-refractivity contribution in [3.63, 3.8) is 0 Å². The maximum atomic E-state index is 12.2. The molecule has 10 heteroatoms. The highest BCUT2D eigenvalue weighted by atomic mass is 127. The van der Waals surface area contributed by atoms with Crippen molar-refractivity contribution in [2.45, 2.75) is 26.2 Å². The van der Waals surface area contributed by atoms with E-state index in [2.05, 4.69) is 25.3 Å². The molecule has 0 bridgehead atoms. The van der Waals surface area contributed by atoms with E-state index in [-0.39, 0.29) is 29.9 Å². The fourth-order valence-corrected chi connectivity index (χ4v) is 2.72. The van der Waals surface area contributed by atoms with Gasteiger partial charge in [-0.25, -0.2) is 4.98 Å². The number of furan rings is 1. The van der Waals surface area contributed by atoms with Crippen LogP contribution < -0.4 is 15.4 Å². The molecule has 0 atom stereocenters. The molecule has 0 aliphatic heterocycles. The van der Waals surface area contributed by atoms with Crippen molar-refractivity contribution in [3.8, 4) is 5.88 Å². The molecule has 0 radical (unpaired) electrons. The van der Waals surface area contributed by atoms with E-state index >= 15 is 0 Å². The lowest BCUT2D eigenvalue weighted by Crippen LogP contribution is -2.36. The highest BCUT2D eigenvalue weighted by Gasteiger charge is 2.28. The summed E-state index contributed by atoms with van der Waals surface area (Å²) in [4.78, 5) is 8.04. The molecule has 30 heavy (non-hydrogen) atoms. The molecule has 2 heterocycles. The van der Waals surface area contributed by atoms with Gasteiger partial charge in [-0.2, -0.15) is 13.2 Å². The molecule has 6 nitrogen and oxygen atoms in total. The molecule has 0 aliphatic carbocycles. The van der Waals surface area contributed by atoms with E-state index in [1.54, 1.807) is 13.1 Å². The number of rotatable bonds is 6. The standard InChI is InChI=1S/C20H21F3N4O2.HI/c1-13-15-5-3-4-6-16(15)29-17(13)11-27-19(24-2)26-10-14-7-8-18(25-9-14)28-12-20(21,22)23;/h3-9H,10-12H2,1-2H3,(H2,24,26,27);1H. The van der Waals surface area contributed by atoms with Crippen LogP contribution in [0.5, 0.6) is 5.88 Å². The predicted octanol–water partition coefficient (Wildman–Crippen LogP) is 4.56. The molecular formula is C20H22F3IN4O2. The SMILES string of the molecule is CN=C(NCc1ccc(OCC(F)(F)F)nc1)NCc1oc2ccccc2c1C.I. The number of para-hydroxylation sites is 1. The quantitative estimate of drug-likeness (QED) is 0.276. The van der Waals surface area contributed by atoms with E-state index in [4.69, 9.17) is 4.42 Å². The highest BCUT2D eigenvalue weighted by Crippen LogP contribution is 2.24. The summed E-state index contributed by atoms with van der Waals surface area (Å²) in [5, 5.41) is 7.38. The third kappa shape index (κ3) is 6.51. The molecule has 0 amide bonds. The first-order valence-corrected chi connectivity index (χ1v) is 8.92. The van der Waals surface area contributed by atoms with Crippen LogP contribution in [0, 0.1) is 6.92 Å². The zero-order valence-corrected chi connectivity index (χ0v) is 18.7. The smallest absolute Gasteiger partial charge is 0.422 e. The molecule has 0 unspecified atom stereocenters. The highest BCUT2D eigenvalue weighted by molar-refractivity contribution is 14.0. The first-order chi connectivity index (χ1) is 13.9. The molecule has 0 fully saturated rings. The number of guanidine groups is 1. The lowest BCUT2D eigenvalue weighted by Gasteiger charge is -2.12. The van der Waals surface area contributed by atoms with Crippen molar-refractivity contribution >= 4 is 40.9 Å². The summed E-state index contributed by atoms with van der Waals surface area (Å²) in [5.41, 5.74) is 2.68. The zero-order chi connectivity index (χ0) is 20.9. The van der Waals surface area contributed by atoms with Gasteiger partial charge < -0.3 is 19.8 Å². The number of nitrogens with one attached hydrogen (secondary N) is 2. The number of hydrogen-bond donors (Lipinski definition) is 2. The lowest BCUT2D eigenvalue weighted by molar-refractivity contribution is -0.154. The summed E-state index contributed by atoms with van der Waals surface area (Å²) in [6.45, 7) is 1.50. The number of hydrogen-bond acceptors (Lipinski definition) is 4. The van der Waals surface area contributed by atoms with Gasteiger partial charge in [-0.15, -0.1) is 24.0 Å². The molecule has 2 aromatic heterocycles. The number of alkyl halides is 3. The second-order valence-corrected chi connectivity index (χ2v) is 6.33. The third-order valence-corrected chi connectivity index (χ3v) is 4.22. The van der Waals surface area contributed by atoms with Gasteiger partial charge in [0.15, 0.2) is 12.6 Å². The van der Waals surface area contributed by atoms with E-state index in [1.165, 1.54) is 12.3 Å². The monoisotopic (exact) mass is 534 g/mol. The van der Waals surface area contributed by atoms with Crippen molar-refractivity contribution in [2.75, 3.05) is 13.7 Å². The number of halogens is 4. The second kappa shape index (κ2) is 10.5. The average molecular weight is 534 g/mol. The Kier molecular flexibility index (Phi) is 8.33. The van der Waals surface area contributed by atoms with E-state index in [0.717, 1.165) is 27.9 Å². The molecule has 3 rings (SSSR count). The van der Waals surface area contributed by atoms with Gasteiger partial charge in [0, 0.05) is 36.8 Å². The van der Waals surface area contributed by atoms with Crippen LogP contribution in [0.15, 0.2) is 52.0 Å². The average Bonchev–Trinajstić information content (AvgIpc) is 3.03. The van der Waals surface area contributed by atoms with E-state index in [9.17, 15) is 13.2 Å². The number of aryl methyl sites for hydroxylation is 1. The number of nitrogens with zero attached hydrogens (tertiary/aromatic N) is 2. The Hall–Kier alpha value is -2.50. The molecule has 0 saturated heterocycles. The minimum absolute atomic E-state index is 0. The van der Waals surface area contributed by atoms with Crippen molar-refractivity contribution in [1.82, 2.24) is 15.6 Å². The summed E-state index contributed by atoms with van der Waals surface area (Å²) in [5.74, 6) is 1.30. The minimum Gasteiger partial charge on any atom is -0.468 e. The van der Waals surface area contributed by atoms with Crippen molar-refractivity contribution in [1.29, 1.82) is 0 Å². The van der Waals surface area contributed by atoms with Gasteiger partial charge in [0.1, 0.15) is 11.3 Å². The van der Waals surface area contributed by atoms with Gasteiger partial charge in [-0.1, -0.05) is 24.3 Å². The fourth-order valence-electron chi connectivity index (χ4n) is 2.72. The molecule has 2 N–H and O–H groups in total. The van der Waals surface area contributed by atoms with Crippen LogP contribution >= 0.6 is 24.0 Å². The maximum absolute atomic E-state index is 12.2. The van der Waals surface area contributed by atoms with Crippen LogP contribution in [0.2, 0.25) is 0 Å². The van der Waals surface area contributed by atoms with Gasteiger partial charge in [0.25, 0.3) is 0 Å². The number of fused-ring (bicyclic) bond motifs is 1. The second-order valence-electron chi connectivity index (χ2n) is 6.33. The molecular weight excluding hydrogens is 512 g/mol. The van der Waals surface area contributed by atoms with Gasteiger partial charge in [0.05, 0.1) is 6.54 Å². The molecule has 3 aromatic rings. The Bertz CT molecular complexity index is 988. The van der Waals surface area contributed by atoms with Crippen LogP contribution in [0.4, 0.5) is 13.2 Å². The third-order valence-electron chi connectivity index (χ3n) is 4.22. The van der Waals surface area contributed by atoms with Crippen LogP contribution in [-0.4, -0.2) is 30.8 Å². The number of aromatic nitrogens is 1. The van der Waals surface area contributed by atoms with Crippen LogP contribution in [-0.2, 0) is 13.1 Å². The van der Waals surface area contributed by atoms with Crippen LogP contribution in [0.25, 0.3) is 11.0 Å². The van der Waals surface area contributed by atoms with Crippen molar-refractivity contribution < 1.29 is 22.3 Å². The Morgan fingerprint density at radius 3 is 2.50 bits per heavy atom. The summed E-state index contributed by atoms with van der Waals surface area (Å²) in [7, 11) is 1.65. The maximum Gasteiger partial charge on any atom is 0.422 e. The summed E-state index contributed by atoms with van der Waals surface area (Å²) in [6, 6.07) is 10.9. The predicted molar refractivity (Wildman–Crippen MR) is 119 cm³/mol. The first kappa shape index (κ1) is 23.8. The van der Waals surface area contributed by atoms with Gasteiger partial charge >= 0.3 is 6.18 Å². The van der Waals surface area contributed by atoms with E-state index in [0.29, 0.717) is 19.0 Å². The summed E-state index contributed by atoms with van der Waals surface area (Å²) >= 11 is 0. The minimum atomic E-state index is -4.39. The first-order valence-electron chi connectivity index (χ1n) is 8.92. The van der Waals surface area contributed by atoms with Crippen LogP contribution in [0.3, 0.4) is 0 Å². The number of aliphatic imine (C=N–C) groups is 1. The number of pyridine rings is 1. The Balaban J connectivity index is 0.00000320. The fraction of sp³-hybridized carbons (Fsp3) is 0.300. The van der Waals surface area contributed by atoms with E-state index < -0.39 is 12.8 Å². The van der Waals surface area contributed by atoms with Crippen LogP contribution in [0.1, 0.15) is 16.9 Å². The Morgan fingerprint density at radius 2 is 1.87 bits per heavy atom. The summed E-state index contributed by atoms with van der Waals surface area (Å²) < 4.78 is 46.9. The van der Waals surface area contributed by atoms with Crippen molar-refractivity contribution in [3.05, 3.63) is 59.5 Å². The topological polar surface area (TPSA) is 71.7 Å². The largest absolute Gasteiger partial charge is 0.468 e. The van der Waals surface area contributed by atoms with Gasteiger partial charge in [-0.05, 0) is 18.6 Å². The molecule has 0 spiro atoms. The number of ether oxygens (including phenoxy) is 1. The number of benzene rings is 1. The van der Waals surface area contributed by atoms with Gasteiger partial charge in [0.2, 0.25) is 5.88 Å². The van der Waals surface area contributed by atoms with Gasteiger partial charge in [-0.3, -0.25) is 4.99 Å². The Morgan fingerprint density at radius 1 is 1.13 bits per heavy atom.